The van der Waals surface area contributed by atoms with Crippen molar-refractivity contribution in [2.45, 2.75) is 12.5 Å². The molecule has 4 nitrogen and oxygen atoms in total. The van der Waals surface area contributed by atoms with Crippen molar-refractivity contribution in [1.82, 2.24) is 0 Å². The zero-order valence-electron chi connectivity index (χ0n) is 11.3. The molecule has 1 aliphatic rings. The number of cyclic esters (lactones) is 1. The molecule has 1 heterocycles. The van der Waals surface area contributed by atoms with Gasteiger partial charge in [-0.25, -0.2) is 9.18 Å². The van der Waals surface area contributed by atoms with Crippen molar-refractivity contribution in [2.75, 3.05) is 5.32 Å². The number of amides is 1. The van der Waals surface area contributed by atoms with Gasteiger partial charge in [-0.2, -0.15) is 0 Å². The minimum absolute atomic E-state index is 0.0589. The predicted molar refractivity (Wildman–Crippen MR) is 82.1 cm³/mol. The second-order valence-electron chi connectivity index (χ2n) is 4.87. The molecule has 112 valence electrons. The van der Waals surface area contributed by atoms with Crippen LogP contribution in [0.4, 0.5) is 10.1 Å². The number of anilines is 1. The Bertz CT molecular complexity index is 763. The Morgan fingerprint density at radius 1 is 1.27 bits per heavy atom. The fourth-order valence-electron chi connectivity index (χ4n) is 2.29. The highest BCUT2D eigenvalue weighted by atomic mass is 79.9. The molecule has 0 saturated carbocycles. The van der Waals surface area contributed by atoms with Gasteiger partial charge in [0.2, 0.25) is 0 Å². The van der Waals surface area contributed by atoms with Crippen LogP contribution in [0.3, 0.4) is 0 Å². The molecule has 2 aromatic carbocycles. The van der Waals surface area contributed by atoms with Gasteiger partial charge in [-0.15, -0.1) is 0 Å². The lowest BCUT2D eigenvalue weighted by Gasteiger charge is -2.24. The number of para-hydroxylation sites is 1. The number of carbonyl (C=O) groups excluding carboxylic acids is 2. The second-order valence-corrected chi connectivity index (χ2v) is 5.78. The summed E-state index contributed by atoms with van der Waals surface area (Å²) in [6, 6.07) is 11.0. The van der Waals surface area contributed by atoms with E-state index >= 15 is 0 Å². The molecule has 1 amide bonds. The summed E-state index contributed by atoms with van der Waals surface area (Å²) in [5, 5.41) is 2.44. The molecule has 6 heteroatoms. The Hall–Kier alpha value is -2.21. The van der Waals surface area contributed by atoms with E-state index < -0.39 is 23.8 Å². The molecule has 0 aromatic heterocycles. The number of carbonyl (C=O) groups is 2. The quantitative estimate of drug-likeness (QED) is 0.832. The summed E-state index contributed by atoms with van der Waals surface area (Å²) in [6.45, 7) is 0. The molecule has 2 aromatic rings. The van der Waals surface area contributed by atoms with Gasteiger partial charge in [0.15, 0.2) is 6.10 Å². The van der Waals surface area contributed by atoms with E-state index in [9.17, 15) is 14.0 Å². The van der Waals surface area contributed by atoms with E-state index in [-0.39, 0.29) is 12.1 Å². The van der Waals surface area contributed by atoms with Gasteiger partial charge in [0.05, 0.1) is 11.3 Å². The third-order valence-corrected chi connectivity index (χ3v) is 3.86. The number of rotatable bonds is 2. The number of ether oxygens (including phenoxy) is 1. The first kappa shape index (κ1) is 14.7. The first-order chi connectivity index (χ1) is 10.5. The van der Waals surface area contributed by atoms with E-state index in [1.807, 2.05) is 0 Å². The average Bonchev–Trinajstić information content (AvgIpc) is 2.49. The number of hydrogen-bond acceptors (Lipinski definition) is 3. The van der Waals surface area contributed by atoms with Crippen LogP contribution >= 0.6 is 15.9 Å². The van der Waals surface area contributed by atoms with Crippen molar-refractivity contribution in [1.29, 1.82) is 0 Å². The molecule has 0 aliphatic carbocycles. The standard InChI is InChI=1S/C16H11BrFNO3/c17-10-5-6-11-9(7-10)8-14(22-16(11)21)15(20)19-13-4-2-1-3-12(13)18/h1-7,14H,8H2,(H,19,20). The van der Waals surface area contributed by atoms with Crippen LogP contribution in [0.25, 0.3) is 0 Å². The normalized spacial score (nSPS) is 16.6. The second kappa shape index (κ2) is 5.88. The summed E-state index contributed by atoms with van der Waals surface area (Å²) < 4.78 is 19.5. The number of fused-ring (bicyclic) bond motifs is 1. The minimum Gasteiger partial charge on any atom is -0.448 e. The van der Waals surface area contributed by atoms with Crippen LogP contribution in [-0.4, -0.2) is 18.0 Å². The molecule has 0 radical (unpaired) electrons. The molecule has 1 aliphatic heterocycles. The van der Waals surface area contributed by atoms with Crippen LogP contribution in [0.1, 0.15) is 15.9 Å². The molecule has 0 saturated heterocycles. The third-order valence-electron chi connectivity index (χ3n) is 3.37. The zero-order chi connectivity index (χ0) is 15.7. The van der Waals surface area contributed by atoms with Gasteiger partial charge in [-0.05, 0) is 35.9 Å². The average molecular weight is 364 g/mol. The highest BCUT2D eigenvalue weighted by molar-refractivity contribution is 9.10. The molecule has 1 atom stereocenters. The zero-order valence-corrected chi connectivity index (χ0v) is 12.9. The van der Waals surface area contributed by atoms with E-state index in [0.717, 1.165) is 10.0 Å². The fraction of sp³-hybridized carbons (Fsp3) is 0.125. The van der Waals surface area contributed by atoms with Gasteiger partial charge in [-0.3, -0.25) is 4.79 Å². The third kappa shape index (κ3) is 2.87. The van der Waals surface area contributed by atoms with Crippen LogP contribution in [0.15, 0.2) is 46.9 Å². The van der Waals surface area contributed by atoms with E-state index in [0.29, 0.717) is 5.56 Å². The highest BCUT2D eigenvalue weighted by Gasteiger charge is 2.31. The summed E-state index contributed by atoms with van der Waals surface area (Å²) in [5.74, 6) is -1.65. The van der Waals surface area contributed by atoms with Crippen LogP contribution in [0.5, 0.6) is 0 Å². The number of halogens is 2. The maximum atomic E-state index is 13.6. The molecular formula is C16H11BrFNO3. The van der Waals surface area contributed by atoms with Gasteiger partial charge >= 0.3 is 5.97 Å². The minimum atomic E-state index is -0.978. The van der Waals surface area contributed by atoms with Crippen molar-refractivity contribution >= 4 is 33.5 Å². The lowest BCUT2D eigenvalue weighted by molar-refractivity contribution is -0.125. The van der Waals surface area contributed by atoms with E-state index in [2.05, 4.69) is 21.2 Å². The Kier molecular flexibility index (Phi) is 3.94. The predicted octanol–water partition coefficient (Wildman–Crippen LogP) is 3.31. The molecule has 1 N–H and O–H groups in total. The van der Waals surface area contributed by atoms with Gasteiger partial charge in [0.25, 0.3) is 5.91 Å². The van der Waals surface area contributed by atoms with Gasteiger partial charge in [0.1, 0.15) is 5.82 Å². The van der Waals surface area contributed by atoms with Crippen molar-refractivity contribution < 1.29 is 18.7 Å². The number of benzene rings is 2. The van der Waals surface area contributed by atoms with Crippen molar-refractivity contribution in [3.8, 4) is 0 Å². The molecule has 1 unspecified atom stereocenters. The first-order valence-corrected chi connectivity index (χ1v) is 7.38. The number of esters is 1. The molecule has 0 spiro atoms. The summed E-state index contributed by atoms with van der Waals surface area (Å²) in [4.78, 5) is 24.1. The SMILES string of the molecule is O=C1OC(C(=O)Nc2ccccc2F)Cc2cc(Br)ccc21. The molecular weight excluding hydrogens is 353 g/mol. The highest BCUT2D eigenvalue weighted by Crippen LogP contribution is 2.25. The summed E-state index contributed by atoms with van der Waals surface area (Å²) in [5.41, 5.74) is 1.22. The number of hydrogen-bond donors (Lipinski definition) is 1. The van der Waals surface area contributed by atoms with E-state index in [1.165, 1.54) is 18.2 Å². The molecule has 0 bridgehead atoms. The smallest absolute Gasteiger partial charge is 0.339 e. The van der Waals surface area contributed by atoms with Crippen LogP contribution in [-0.2, 0) is 16.0 Å². The maximum Gasteiger partial charge on any atom is 0.339 e. The number of nitrogens with one attached hydrogen (secondary N) is 1. The lowest BCUT2D eigenvalue weighted by Crippen LogP contribution is -2.38. The maximum absolute atomic E-state index is 13.6. The van der Waals surface area contributed by atoms with Crippen LogP contribution in [0, 0.1) is 5.82 Å². The monoisotopic (exact) mass is 363 g/mol. The van der Waals surface area contributed by atoms with E-state index in [4.69, 9.17) is 4.74 Å². The van der Waals surface area contributed by atoms with E-state index in [1.54, 1.807) is 24.3 Å². The largest absolute Gasteiger partial charge is 0.448 e. The molecule has 22 heavy (non-hydrogen) atoms. The van der Waals surface area contributed by atoms with Gasteiger partial charge < -0.3 is 10.1 Å². The Morgan fingerprint density at radius 3 is 2.82 bits per heavy atom. The van der Waals surface area contributed by atoms with Crippen LogP contribution < -0.4 is 5.32 Å². The summed E-state index contributed by atoms with van der Waals surface area (Å²) >= 11 is 3.33. The van der Waals surface area contributed by atoms with Crippen molar-refractivity contribution in [2.24, 2.45) is 0 Å². The molecule has 3 rings (SSSR count). The van der Waals surface area contributed by atoms with Crippen LogP contribution in [0.2, 0.25) is 0 Å². The fourth-order valence-corrected chi connectivity index (χ4v) is 2.69. The van der Waals surface area contributed by atoms with Gasteiger partial charge in [0, 0.05) is 10.9 Å². The van der Waals surface area contributed by atoms with Gasteiger partial charge in [-0.1, -0.05) is 28.1 Å². The first-order valence-electron chi connectivity index (χ1n) is 6.59. The van der Waals surface area contributed by atoms with Crippen molar-refractivity contribution in [3.05, 3.63) is 63.9 Å². The van der Waals surface area contributed by atoms with Crippen molar-refractivity contribution in [3.63, 3.8) is 0 Å². The summed E-state index contributed by atoms with van der Waals surface area (Å²) in [6.07, 6.45) is -0.727. The topological polar surface area (TPSA) is 55.4 Å². The lowest BCUT2D eigenvalue weighted by atomic mass is 9.98. The Morgan fingerprint density at radius 2 is 2.05 bits per heavy atom. The molecule has 0 fully saturated rings. The summed E-state index contributed by atoms with van der Waals surface area (Å²) in [7, 11) is 0. The Balaban J connectivity index is 1.80. The Labute approximate surface area is 134 Å².